The molecule has 0 saturated carbocycles. The van der Waals surface area contributed by atoms with Crippen LogP contribution in [0.25, 0.3) is 0 Å². The van der Waals surface area contributed by atoms with Gasteiger partial charge in [-0.2, -0.15) is 4.99 Å². The molecule has 0 spiro atoms. The normalized spacial score (nSPS) is 9.17. The average Bonchev–Trinajstić information content (AvgIpc) is 2.01. The monoisotopic (exact) mass is 178 g/mol. The van der Waals surface area contributed by atoms with E-state index in [-0.39, 0.29) is 0 Å². The second kappa shape index (κ2) is 3.48. The standard InChI is InChI=1S/C9H10N2S/c1-6-4-9(11-5-12)7(2)3-8(6)10/h3-4H,10H2,1-2H3. The number of anilines is 1. The van der Waals surface area contributed by atoms with E-state index in [1.165, 1.54) is 0 Å². The summed E-state index contributed by atoms with van der Waals surface area (Å²) in [5, 5.41) is 2.34. The van der Waals surface area contributed by atoms with E-state index in [0.29, 0.717) is 0 Å². The van der Waals surface area contributed by atoms with E-state index in [1.54, 1.807) is 0 Å². The van der Waals surface area contributed by atoms with Crippen LogP contribution >= 0.6 is 12.2 Å². The molecular weight excluding hydrogens is 168 g/mol. The molecule has 0 saturated heterocycles. The van der Waals surface area contributed by atoms with Crippen molar-refractivity contribution in [2.24, 2.45) is 4.99 Å². The third-order valence-corrected chi connectivity index (χ3v) is 1.84. The molecule has 0 aliphatic rings. The number of nitrogens with zero attached hydrogens (tertiary/aromatic N) is 1. The molecule has 12 heavy (non-hydrogen) atoms. The van der Waals surface area contributed by atoms with Crippen molar-refractivity contribution in [3.05, 3.63) is 23.3 Å². The zero-order valence-electron chi connectivity index (χ0n) is 7.09. The second-order valence-corrected chi connectivity index (χ2v) is 2.88. The summed E-state index contributed by atoms with van der Waals surface area (Å²) in [6.07, 6.45) is 0. The van der Waals surface area contributed by atoms with Crippen LogP contribution in [-0.4, -0.2) is 5.16 Å². The Morgan fingerprint density at radius 3 is 2.58 bits per heavy atom. The van der Waals surface area contributed by atoms with Crippen molar-refractivity contribution >= 4 is 28.8 Å². The topological polar surface area (TPSA) is 38.4 Å². The van der Waals surface area contributed by atoms with E-state index >= 15 is 0 Å². The van der Waals surface area contributed by atoms with Crippen molar-refractivity contribution in [3.8, 4) is 0 Å². The molecule has 1 aromatic rings. The van der Waals surface area contributed by atoms with Gasteiger partial charge < -0.3 is 5.73 Å². The van der Waals surface area contributed by atoms with Crippen LogP contribution in [0.3, 0.4) is 0 Å². The van der Waals surface area contributed by atoms with Gasteiger partial charge >= 0.3 is 0 Å². The van der Waals surface area contributed by atoms with Gasteiger partial charge in [-0.3, -0.25) is 0 Å². The lowest BCUT2D eigenvalue weighted by molar-refractivity contribution is 1.36. The highest BCUT2D eigenvalue weighted by Gasteiger charge is 1.99. The Hall–Kier alpha value is -1.18. The molecule has 0 fully saturated rings. The van der Waals surface area contributed by atoms with Crippen LogP contribution < -0.4 is 5.73 Å². The number of nitrogen functional groups attached to an aromatic ring is 1. The Morgan fingerprint density at radius 1 is 1.33 bits per heavy atom. The Morgan fingerprint density at radius 2 is 2.00 bits per heavy atom. The van der Waals surface area contributed by atoms with Crippen molar-refractivity contribution in [3.63, 3.8) is 0 Å². The molecule has 2 nitrogen and oxygen atoms in total. The molecule has 0 aromatic heterocycles. The molecule has 0 bridgehead atoms. The number of rotatable bonds is 1. The molecule has 62 valence electrons. The SMILES string of the molecule is Cc1cc(N=C=S)c(C)cc1N. The molecule has 0 aliphatic carbocycles. The number of aryl methyl sites for hydroxylation is 2. The number of thiocarbonyl (C=S) groups is 1. The van der Waals surface area contributed by atoms with Crippen LogP contribution in [0.5, 0.6) is 0 Å². The van der Waals surface area contributed by atoms with Gasteiger partial charge in [-0.25, -0.2) is 0 Å². The fourth-order valence-corrected chi connectivity index (χ4v) is 1.09. The highest BCUT2D eigenvalue weighted by atomic mass is 32.1. The lowest BCUT2D eigenvalue weighted by Gasteiger charge is -2.03. The smallest absolute Gasteiger partial charge is 0.0772 e. The molecule has 2 N–H and O–H groups in total. The van der Waals surface area contributed by atoms with Crippen LogP contribution in [-0.2, 0) is 0 Å². The summed E-state index contributed by atoms with van der Waals surface area (Å²) in [6.45, 7) is 3.89. The summed E-state index contributed by atoms with van der Waals surface area (Å²) in [5.74, 6) is 0. The summed E-state index contributed by atoms with van der Waals surface area (Å²) in [4.78, 5) is 3.92. The molecule has 1 rings (SSSR count). The van der Waals surface area contributed by atoms with Gasteiger partial charge in [0.25, 0.3) is 0 Å². The Balaban J connectivity index is 3.32. The molecule has 1 aromatic carbocycles. The predicted molar refractivity (Wildman–Crippen MR) is 55.0 cm³/mol. The third-order valence-electron chi connectivity index (χ3n) is 1.75. The lowest BCUT2D eigenvalue weighted by atomic mass is 10.1. The maximum absolute atomic E-state index is 5.70. The fraction of sp³-hybridized carbons (Fsp3) is 0.222. The van der Waals surface area contributed by atoms with Gasteiger partial charge in [0.1, 0.15) is 0 Å². The van der Waals surface area contributed by atoms with Crippen molar-refractivity contribution in [2.45, 2.75) is 13.8 Å². The van der Waals surface area contributed by atoms with Crippen molar-refractivity contribution < 1.29 is 0 Å². The first-order chi connectivity index (χ1) is 5.65. The Bertz CT molecular complexity index is 352. The fourth-order valence-electron chi connectivity index (χ4n) is 0.993. The summed E-state index contributed by atoms with van der Waals surface area (Å²) >= 11 is 4.52. The van der Waals surface area contributed by atoms with Gasteiger partial charge in [0.2, 0.25) is 0 Å². The van der Waals surface area contributed by atoms with Crippen LogP contribution in [0.4, 0.5) is 11.4 Å². The summed E-state index contributed by atoms with van der Waals surface area (Å²) < 4.78 is 0. The summed E-state index contributed by atoms with van der Waals surface area (Å²) in [5.41, 5.74) is 9.37. The molecule has 0 aliphatic heterocycles. The zero-order chi connectivity index (χ0) is 9.14. The molecule has 0 amide bonds. The van der Waals surface area contributed by atoms with E-state index in [4.69, 9.17) is 5.73 Å². The van der Waals surface area contributed by atoms with Crippen molar-refractivity contribution in [1.82, 2.24) is 0 Å². The van der Waals surface area contributed by atoms with Crippen molar-refractivity contribution in [1.29, 1.82) is 0 Å². The molecule has 0 radical (unpaired) electrons. The van der Waals surface area contributed by atoms with Gasteiger partial charge in [-0.15, -0.1) is 0 Å². The number of hydrogen-bond donors (Lipinski definition) is 1. The van der Waals surface area contributed by atoms with Crippen molar-refractivity contribution in [2.75, 3.05) is 5.73 Å². The van der Waals surface area contributed by atoms with E-state index in [9.17, 15) is 0 Å². The van der Waals surface area contributed by atoms with Gasteiger partial charge in [-0.05, 0) is 49.3 Å². The van der Waals surface area contributed by atoms with Gasteiger partial charge in [0, 0.05) is 5.69 Å². The van der Waals surface area contributed by atoms with E-state index in [1.807, 2.05) is 26.0 Å². The highest BCUT2D eigenvalue weighted by molar-refractivity contribution is 7.78. The summed E-state index contributed by atoms with van der Waals surface area (Å²) in [7, 11) is 0. The Labute approximate surface area is 77.1 Å². The molecule has 0 unspecified atom stereocenters. The highest BCUT2D eigenvalue weighted by Crippen LogP contribution is 2.23. The minimum absolute atomic E-state index is 0.788. The van der Waals surface area contributed by atoms with E-state index in [0.717, 1.165) is 22.5 Å². The quantitative estimate of drug-likeness (QED) is 0.408. The number of hydrogen-bond acceptors (Lipinski definition) is 3. The third kappa shape index (κ3) is 1.70. The first kappa shape index (κ1) is 8.91. The zero-order valence-corrected chi connectivity index (χ0v) is 7.90. The van der Waals surface area contributed by atoms with Crippen LogP contribution in [0.2, 0.25) is 0 Å². The maximum atomic E-state index is 5.70. The van der Waals surface area contributed by atoms with Crippen LogP contribution in [0.1, 0.15) is 11.1 Å². The minimum Gasteiger partial charge on any atom is -0.399 e. The summed E-state index contributed by atoms with van der Waals surface area (Å²) in [6, 6.07) is 3.80. The van der Waals surface area contributed by atoms with Gasteiger partial charge in [0.05, 0.1) is 10.8 Å². The van der Waals surface area contributed by atoms with Crippen LogP contribution in [0.15, 0.2) is 17.1 Å². The first-order valence-corrected chi connectivity index (χ1v) is 4.00. The maximum Gasteiger partial charge on any atom is 0.0772 e. The van der Waals surface area contributed by atoms with Gasteiger partial charge in [-0.1, -0.05) is 0 Å². The number of benzene rings is 1. The number of aliphatic imine (C=N–C) groups is 1. The van der Waals surface area contributed by atoms with E-state index in [2.05, 4.69) is 22.4 Å². The largest absolute Gasteiger partial charge is 0.399 e. The second-order valence-electron chi connectivity index (χ2n) is 2.70. The predicted octanol–water partition coefficient (Wildman–Crippen LogP) is 2.62. The minimum atomic E-state index is 0.788. The molecule has 0 atom stereocenters. The Kier molecular flexibility index (Phi) is 2.58. The average molecular weight is 178 g/mol. The number of isothiocyanates is 1. The van der Waals surface area contributed by atoms with Crippen LogP contribution in [0, 0.1) is 13.8 Å². The molecular formula is C9H10N2S. The number of nitrogens with two attached hydrogens (primary N) is 1. The van der Waals surface area contributed by atoms with Gasteiger partial charge in [0.15, 0.2) is 0 Å². The molecule has 0 heterocycles. The first-order valence-electron chi connectivity index (χ1n) is 3.59. The molecule has 3 heteroatoms. The lowest BCUT2D eigenvalue weighted by Crippen LogP contribution is -1.89. The van der Waals surface area contributed by atoms with E-state index < -0.39 is 0 Å².